The summed E-state index contributed by atoms with van der Waals surface area (Å²) in [5, 5.41) is 11.6. The molecule has 1 aromatic rings. The van der Waals surface area contributed by atoms with E-state index in [1.54, 1.807) is 20.0 Å². The van der Waals surface area contributed by atoms with Crippen molar-refractivity contribution in [1.82, 2.24) is 15.2 Å². The molecular formula is C12H17N3O4. The van der Waals surface area contributed by atoms with Crippen LogP contribution >= 0.6 is 0 Å². The summed E-state index contributed by atoms with van der Waals surface area (Å²) in [5.41, 5.74) is 0. The first-order valence-corrected chi connectivity index (χ1v) is 6.18. The Kier molecular flexibility index (Phi) is 3.73. The second-order valence-electron chi connectivity index (χ2n) is 4.75. The van der Waals surface area contributed by atoms with Gasteiger partial charge >= 0.3 is 12.0 Å². The minimum absolute atomic E-state index is 0.249. The quantitative estimate of drug-likeness (QED) is 0.856. The molecule has 1 aliphatic rings. The summed E-state index contributed by atoms with van der Waals surface area (Å²) < 4.78 is 5.33. The zero-order chi connectivity index (χ0) is 14.0. The lowest BCUT2D eigenvalue weighted by molar-refractivity contribution is -0.141. The Balaban J connectivity index is 1.89. The average molecular weight is 267 g/mol. The molecule has 0 aliphatic carbocycles. The van der Waals surface area contributed by atoms with E-state index >= 15 is 0 Å². The van der Waals surface area contributed by atoms with Crippen molar-refractivity contribution in [2.24, 2.45) is 5.92 Å². The fourth-order valence-corrected chi connectivity index (χ4v) is 2.06. The first kappa shape index (κ1) is 13.4. The topological polar surface area (TPSA) is 95.7 Å². The van der Waals surface area contributed by atoms with Crippen molar-refractivity contribution in [1.29, 1.82) is 0 Å². The van der Waals surface area contributed by atoms with Gasteiger partial charge in [0.05, 0.1) is 12.1 Å². The van der Waals surface area contributed by atoms with Gasteiger partial charge in [0.15, 0.2) is 0 Å². The van der Waals surface area contributed by atoms with Gasteiger partial charge in [0.1, 0.15) is 11.8 Å². The molecule has 0 aromatic carbocycles. The van der Waals surface area contributed by atoms with Crippen molar-refractivity contribution < 1.29 is 19.1 Å². The molecule has 1 aliphatic heterocycles. The molecule has 2 unspecified atom stereocenters. The lowest BCUT2D eigenvalue weighted by atomic mass is 10.1. The van der Waals surface area contributed by atoms with Crippen LogP contribution in [-0.2, 0) is 4.79 Å². The molecule has 19 heavy (non-hydrogen) atoms. The molecule has 1 saturated heterocycles. The van der Waals surface area contributed by atoms with Gasteiger partial charge in [0.2, 0.25) is 5.89 Å². The SMILES string of the molecule is Cc1cnc(C(C)NC(=O)N2CCC(C(=O)O)C2)o1. The largest absolute Gasteiger partial charge is 0.481 e. The van der Waals surface area contributed by atoms with Crippen LogP contribution in [0.2, 0.25) is 0 Å². The fraction of sp³-hybridized carbons (Fsp3) is 0.583. The Morgan fingerprint density at radius 1 is 1.63 bits per heavy atom. The minimum atomic E-state index is -0.855. The van der Waals surface area contributed by atoms with Crippen molar-refractivity contribution in [3.05, 3.63) is 17.8 Å². The van der Waals surface area contributed by atoms with Crippen molar-refractivity contribution in [2.75, 3.05) is 13.1 Å². The predicted molar refractivity (Wildman–Crippen MR) is 65.5 cm³/mol. The third-order valence-electron chi connectivity index (χ3n) is 3.17. The number of hydrogen-bond acceptors (Lipinski definition) is 4. The number of carboxylic acid groups (broad SMARTS) is 1. The molecule has 2 heterocycles. The Bertz CT molecular complexity index is 485. The van der Waals surface area contributed by atoms with Gasteiger partial charge in [-0.25, -0.2) is 9.78 Å². The van der Waals surface area contributed by atoms with E-state index < -0.39 is 11.9 Å². The van der Waals surface area contributed by atoms with E-state index in [0.29, 0.717) is 24.6 Å². The smallest absolute Gasteiger partial charge is 0.318 e. The van der Waals surface area contributed by atoms with Crippen molar-refractivity contribution in [2.45, 2.75) is 26.3 Å². The van der Waals surface area contributed by atoms with Gasteiger partial charge < -0.3 is 19.7 Å². The minimum Gasteiger partial charge on any atom is -0.481 e. The van der Waals surface area contributed by atoms with E-state index in [1.807, 2.05) is 0 Å². The van der Waals surface area contributed by atoms with Crippen molar-refractivity contribution >= 4 is 12.0 Å². The third-order valence-corrected chi connectivity index (χ3v) is 3.17. The molecule has 0 saturated carbocycles. The van der Waals surface area contributed by atoms with Crippen LogP contribution in [0.3, 0.4) is 0 Å². The molecule has 2 N–H and O–H groups in total. The maximum absolute atomic E-state index is 12.0. The van der Waals surface area contributed by atoms with Crippen LogP contribution in [0.4, 0.5) is 4.79 Å². The van der Waals surface area contributed by atoms with Crippen LogP contribution in [0.25, 0.3) is 0 Å². The highest BCUT2D eigenvalue weighted by Gasteiger charge is 2.31. The van der Waals surface area contributed by atoms with Gasteiger partial charge in [-0.05, 0) is 20.3 Å². The summed E-state index contributed by atoms with van der Waals surface area (Å²) in [5.74, 6) is -0.195. The zero-order valence-corrected chi connectivity index (χ0v) is 10.9. The number of amides is 2. The molecule has 2 rings (SSSR count). The van der Waals surface area contributed by atoms with Crippen LogP contribution < -0.4 is 5.32 Å². The van der Waals surface area contributed by atoms with Crippen molar-refractivity contribution in [3.63, 3.8) is 0 Å². The predicted octanol–water partition coefficient (Wildman–Crippen LogP) is 1.16. The molecule has 2 amide bonds. The molecule has 0 bridgehead atoms. The summed E-state index contributed by atoms with van der Waals surface area (Å²) in [6.07, 6.45) is 2.09. The van der Waals surface area contributed by atoms with Crippen LogP contribution in [0.5, 0.6) is 0 Å². The van der Waals surface area contributed by atoms with E-state index in [1.165, 1.54) is 4.90 Å². The molecule has 104 valence electrons. The maximum Gasteiger partial charge on any atom is 0.318 e. The Labute approximate surface area is 110 Å². The number of aliphatic carboxylic acids is 1. The molecular weight excluding hydrogens is 250 g/mol. The van der Waals surface area contributed by atoms with Gasteiger partial charge in [0.25, 0.3) is 0 Å². The van der Waals surface area contributed by atoms with Gasteiger partial charge in [-0.1, -0.05) is 0 Å². The second-order valence-corrected chi connectivity index (χ2v) is 4.75. The van der Waals surface area contributed by atoms with E-state index in [0.717, 1.165) is 0 Å². The van der Waals surface area contributed by atoms with E-state index in [4.69, 9.17) is 9.52 Å². The number of aryl methyl sites for hydroxylation is 1. The zero-order valence-electron chi connectivity index (χ0n) is 10.9. The number of carboxylic acids is 1. The highest BCUT2D eigenvalue weighted by atomic mass is 16.4. The number of carbonyl (C=O) groups is 2. The molecule has 0 radical (unpaired) electrons. The van der Waals surface area contributed by atoms with Gasteiger partial charge in [0, 0.05) is 13.1 Å². The van der Waals surface area contributed by atoms with Gasteiger partial charge in [-0.15, -0.1) is 0 Å². The van der Waals surface area contributed by atoms with Crippen molar-refractivity contribution in [3.8, 4) is 0 Å². The Morgan fingerprint density at radius 2 is 2.37 bits per heavy atom. The average Bonchev–Trinajstić information content (AvgIpc) is 2.96. The summed E-state index contributed by atoms with van der Waals surface area (Å²) in [6.45, 7) is 4.26. The number of urea groups is 1. The van der Waals surface area contributed by atoms with Crippen LogP contribution in [0.15, 0.2) is 10.6 Å². The summed E-state index contributed by atoms with van der Waals surface area (Å²) in [6, 6.07) is -0.628. The van der Waals surface area contributed by atoms with Crippen LogP contribution in [0.1, 0.15) is 31.0 Å². The van der Waals surface area contributed by atoms with Gasteiger partial charge in [-0.3, -0.25) is 4.79 Å². The number of rotatable bonds is 3. The lowest BCUT2D eigenvalue weighted by Gasteiger charge is -2.19. The normalized spacial score (nSPS) is 20.3. The number of aromatic nitrogens is 1. The number of hydrogen-bond donors (Lipinski definition) is 2. The summed E-state index contributed by atoms with van der Waals surface area (Å²) in [7, 11) is 0. The van der Waals surface area contributed by atoms with Gasteiger partial charge in [-0.2, -0.15) is 0 Å². The standard InChI is InChI=1S/C12H17N3O4/c1-7-5-13-10(19-7)8(2)14-12(18)15-4-3-9(6-15)11(16)17/h5,8-9H,3-4,6H2,1-2H3,(H,14,18)(H,16,17). The van der Waals surface area contributed by atoms with Crippen LogP contribution in [0, 0.1) is 12.8 Å². The first-order chi connectivity index (χ1) is 8.97. The first-order valence-electron chi connectivity index (χ1n) is 6.18. The van der Waals surface area contributed by atoms with E-state index in [-0.39, 0.29) is 18.6 Å². The molecule has 0 spiro atoms. The second kappa shape index (κ2) is 5.29. The lowest BCUT2D eigenvalue weighted by Crippen LogP contribution is -2.40. The number of oxazole rings is 1. The Hall–Kier alpha value is -2.05. The number of nitrogens with zero attached hydrogens (tertiary/aromatic N) is 2. The highest BCUT2D eigenvalue weighted by molar-refractivity contribution is 5.77. The third kappa shape index (κ3) is 3.04. The van der Waals surface area contributed by atoms with E-state index in [2.05, 4.69) is 10.3 Å². The molecule has 2 atom stereocenters. The number of likely N-dealkylation sites (tertiary alicyclic amines) is 1. The monoisotopic (exact) mass is 267 g/mol. The number of nitrogens with one attached hydrogen (secondary N) is 1. The van der Waals surface area contributed by atoms with Crippen LogP contribution in [-0.4, -0.2) is 40.1 Å². The summed E-state index contributed by atoms with van der Waals surface area (Å²) in [4.78, 5) is 28.3. The molecule has 7 heteroatoms. The molecule has 1 fully saturated rings. The molecule has 7 nitrogen and oxygen atoms in total. The summed E-state index contributed by atoms with van der Waals surface area (Å²) >= 11 is 0. The maximum atomic E-state index is 12.0. The molecule has 1 aromatic heterocycles. The Morgan fingerprint density at radius 3 is 2.89 bits per heavy atom. The highest BCUT2D eigenvalue weighted by Crippen LogP contribution is 2.18. The van der Waals surface area contributed by atoms with E-state index in [9.17, 15) is 9.59 Å². The number of carbonyl (C=O) groups excluding carboxylic acids is 1. The fourth-order valence-electron chi connectivity index (χ4n) is 2.06.